The molecule has 4 rings (SSSR count). The van der Waals surface area contributed by atoms with Gasteiger partial charge in [0, 0.05) is 36.2 Å². The van der Waals surface area contributed by atoms with Gasteiger partial charge in [-0.3, -0.25) is 19.4 Å². The maximum absolute atomic E-state index is 12.6. The second-order valence-electron chi connectivity index (χ2n) is 6.68. The second-order valence-corrected chi connectivity index (χ2v) is 7.63. The minimum Gasteiger partial charge on any atom is -0.350 e. The van der Waals surface area contributed by atoms with Crippen LogP contribution in [0.4, 0.5) is 11.4 Å². The number of anilines is 2. The Morgan fingerprint density at radius 2 is 1.93 bits per heavy atom. The number of nitrogens with zero attached hydrogens (tertiary/aromatic N) is 3. The van der Waals surface area contributed by atoms with E-state index in [4.69, 9.17) is 0 Å². The lowest BCUT2D eigenvalue weighted by Crippen LogP contribution is -2.42. The molecule has 0 saturated carbocycles. The molecule has 3 heterocycles. The molecule has 30 heavy (non-hydrogen) atoms. The fourth-order valence-corrected chi connectivity index (χ4v) is 3.86. The van der Waals surface area contributed by atoms with Crippen LogP contribution < -0.4 is 15.5 Å². The van der Waals surface area contributed by atoms with Crippen molar-refractivity contribution in [2.24, 2.45) is 0 Å². The molecule has 3 aromatic rings. The molecule has 2 N–H and O–H groups in total. The van der Waals surface area contributed by atoms with E-state index in [1.165, 1.54) is 16.2 Å². The van der Waals surface area contributed by atoms with Gasteiger partial charge in [0.05, 0.1) is 23.6 Å². The number of pyridine rings is 1. The summed E-state index contributed by atoms with van der Waals surface area (Å²) in [4.78, 5) is 46.6. The van der Waals surface area contributed by atoms with E-state index < -0.39 is 0 Å². The number of carbonyl (C=O) groups is 3. The number of nitrogens with one attached hydrogen (secondary N) is 2. The van der Waals surface area contributed by atoms with E-state index in [-0.39, 0.29) is 37.1 Å². The van der Waals surface area contributed by atoms with Crippen LogP contribution in [0.1, 0.15) is 17.8 Å². The first-order chi connectivity index (χ1) is 14.6. The van der Waals surface area contributed by atoms with E-state index in [2.05, 4.69) is 20.6 Å². The summed E-state index contributed by atoms with van der Waals surface area (Å²) >= 11 is 1.46. The van der Waals surface area contributed by atoms with Gasteiger partial charge in [0.25, 0.3) is 0 Å². The van der Waals surface area contributed by atoms with Crippen molar-refractivity contribution in [2.75, 3.05) is 16.8 Å². The molecule has 1 aromatic carbocycles. The van der Waals surface area contributed by atoms with Crippen molar-refractivity contribution in [2.45, 2.75) is 19.4 Å². The van der Waals surface area contributed by atoms with Gasteiger partial charge < -0.3 is 15.5 Å². The molecule has 1 aliphatic rings. The van der Waals surface area contributed by atoms with Crippen molar-refractivity contribution in [1.82, 2.24) is 15.3 Å². The summed E-state index contributed by atoms with van der Waals surface area (Å²) < 4.78 is 0. The van der Waals surface area contributed by atoms with E-state index in [0.717, 1.165) is 16.3 Å². The Kier molecular flexibility index (Phi) is 5.80. The third-order valence-corrected chi connectivity index (χ3v) is 5.45. The molecular formula is C21H19N5O3S. The Bertz CT molecular complexity index is 1080. The molecule has 9 heteroatoms. The van der Waals surface area contributed by atoms with E-state index in [0.29, 0.717) is 17.9 Å². The van der Waals surface area contributed by atoms with Crippen LogP contribution in [0, 0.1) is 0 Å². The summed E-state index contributed by atoms with van der Waals surface area (Å²) in [6, 6.07) is 10.9. The van der Waals surface area contributed by atoms with Gasteiger partial charge in [-0.2, -0.15) is 0 Å². The number of para-hydroxylation sites is 2. The Labute approximate surface area is 177 Å². The highest BCUT2D eigenvalue weighted by molar-refractivity contribution is 7.09. The molecule has 0 radical (unpaired) electrons. The number of fused-ring (bicyclic) bond motifs is 1. The standard InChI is InChI=1S/C21H19N5O3S/c27-18(23-11-20-25-16(13-30-20)14-7-9-22-10-8-14)5-6-21(29)26-12-19(28)24-15-3-1-2-4-17(15)26/h1-4,7-10,13H,5-6,11-12H2,(H,23,27)(H,24,28). The van der Waals surface area contributed by atoms with Gasteiger partial charge in [0.1, 0.15) is 11.6 Å². The molecule has 0 fully saturated rings. The van der Waals surface area contributed by atoms with E-state index >= 15 is 0 Å². The first-order valence-corrected chi connectivity index (χ1v) is 10.3. The third-order valence-electron chi connectivity index (χ3n) is 4.60. The molecule has 1 aliphatic heterocycles. The molecule has 3 amide bonds. The first kappa shape index (κ1) is 19.7. The maximum Gasteiger partial charge on any atom is 0.244 e. The zero-order chi connectivity index (χ0) is 20.9. The SMILES string of the molecule is O=C(CCC(=O)N1CC(=O)Nc2ccccc21)NCc1nc(-c2ccncc2)cs1. The van der Waals surface area contributed by atoms with Crippen molar-refractivity contribution in [1.29, 1.82) is 0 Å². The monoisotopic (exact) mass is 421 g/mol. The van der Waals surface area contributed by atoms with Gasteiger partial charge >= 0.3 is 0 Å². The second kappa shape index (κ2) is 8.83. The van der Waals surface area contributed by atoms with E-state index in [1.54, 1.807) is 36.7 Å². The van der Waals surface area contributed by atoms with Gasteiger partial charge in [-0.05, 0) is 24.3 Å². The van der Waals surface area contributed by atoms with Gasteiger partial charge in [0.15, 0.2) is 0 Å². The molecule has 8 nitrogen and oxygen atoms in total. The van der Waals surface area contributed by atoms with Crippen LogP contribution in [0.5, 0.6) is 0 Å². The van der Waals surface area contributed by atoms with Gasteiger partial charge in [-0.15, -0.1) is 11.3 Å². The molecule has 0 atom stereocenters. The average Bonchev–Trinajstić information content (AvgIpc) is 3.25. The predicted octanol–water partition coefficient (Wildman–Crippen LogP) is 2.59. The van der Waals surface area contributed by atoms with Crippen molar-refractivity contribution >= 4 is 40.4 Å². The first-order valence-electron chi connectivity index (χ1n) is 9.41. The Balaban J connectivity index is 1.29. The molecular weight excluding hydrogens is 402 g/mol. The van der Waals surface area contributed by atoms with Crippen LogP contribution in [-0.2, 0) is 20.9 Å². The van der Waals surface area contributed by atoms with E-state index in [1.807, 2.05) is 17.5 Å². The number of amides is 3. The molecule has 152 valence electrons. The maximum atomic E-state index is 12.6. The highest BCUT2D eigenvalue weighted by atomic mass is 32.1. The number of carbonyl (C=O) groups excluding carboxylic acids is 3. The number of hydrogen-bond donors (Lipinski definition) is 2. The lowest BCUT2D eigenvalue weighted by atomic mass is 10.1. The van der Waals surface area contributed by atoms with Crippen LogP contribution in [0.2, 0.25) is 0 Å². The fraction of sp³-hybridized carbons (Fsp3) is 0.190. The van der Waals surface area contributed by atoms with Crippen LogP contribution in [0.3, 0.4) is 0 Å². The predicted molar refractivity (Wildman–Crippen MR) is 114 cm³/mol. The van der Waals surface area contributed by atoms with Crippen molar-refractivity contribution < 1.29 is 14.4 Å². The van der Waals surface area contributed by atoms with Crippen LogP contribution in [-0.4, -0.2) is 34.2 Å². The zero-order valence-corrected chi connectivity index (χ0v) is 16.8. The molecule has 0 spiro atoms. The summed E-state index contributed by atoms with van der Waals surface area (Å²) in [5, 5.41) is 8.25. The lowest BCUT2D eigenvalue weighted by Gasteiger charge is -2.29. The third kappa shape index (κ3) is 4.52. The Morgan fingerprint density at radius 3 is 2.77 bits per heavy atom. The summed E-state index contributed by atoms with van der Waals surface area (Å²) in [5.74, 6) is -0.749. The van der Waals surface area contributed by atoms with Crippen LogP contribution in [0.15, 0.2) is 54.2 Å². The molecule has 0 aliphatic carbocycles. The summed E-state index contributed by atoms with van der Waals surface area (Å²) in [5.41, 5.74) is 3.05. The normalized spacial score (nSPS) is 12.8. The average molecular weight is 421 g/mol. The number of aromatic nitrogens is 2. The highest BCUT2D eigenvalue weighted by Gasteiger charge is 2.26. The summed E-state index contributed by atoms with van der Waals surface area (Å²) in [6.07, 6.45) is 3.48. The van der Waals surface area contributed by atoms with Crippen molar-refractivity contribution in [3.63, 3.8) is 0 Å². The lowest BCUT2D eigenvalue weighted by molar-refractivity contribution is -0.125. The fourth-order valence-electron chi connectivity index (χ4n) is 3.12. The van der Waals surface area contributed by atoms with Crippen LogP contribution in [0.25, 0.3) is 11.3 Å². The molecule has 0 bridgehead atoms. The Hall–Kier alpha value is -3.59. The molecule has 0 unspecified atom stereocenters. The van der Waals surface area contributed by atoms with Crippen molar-refractivity contribution in [3.05, 3.63) is 59.2 Å². The van der Waals surface area contributed by atoms with Crippen LogP contribution >= 0.6 is 11.3 Å². The highest BCUT2D eigenvalue weighted by Crippen LogP contribution is 2.29. The minimum absolute atomic E-state index is 0.0214. The number of thiazole rings is 1. The van der Waals surface area contributed by atoms with Gasteiger partial charge in [-0.1, -0.05) is 12.1 Å². The minimum atomic E-state index is -0.262. The number of rotatable bonds is 6. The Morgan fingerprint density at radius 1 is 1.13 bits per heavy atom. The topological polar surface area (TPSA) is 104 Å². The largest absolute Gasteiger partial charge is 0.350 e. The summed E-state index contributed by atoms with van der Waals surface area (Å²) in [6.45, 7) is 0.256. The summed E-state index contributed by atoms with van der Waals surface area (Å²) in [7, 11) is 0. The zero-order valence-electron chi connectivity index (χ0n) is 16.0. The molecule has 0 saturated heterocycles. The van der Waals surface area contributed by atoms with Gasteiger partial charge in [-0.25, -0.2) is 4.98 Å². The quantitative estimate of drug-likeness (QED) is 0.637. The van der Waals surface area contributed by atoms with Crippen molar-refractivity contribution in [3.8, 4) is 11.3 Å². The van der Waals surface area contributed by atoms with Gasteiger partial charge in [0.2, 0.25) is 17.7 Å². The molecule has 2 aromatic heterocycles. The number of hydrogen-bond acceptors (Lipinski definition) is 6. The smallest absolute Gasteiger partial charge is 0.244 e. The van der Waals surface area contributed by atoms with E-state index in [9.17, 15) is 14.4 Å². The number of benzene rings is 1.